The van der Waals surface area contributed by atoms with Gasteiger partial charge in [-0.2, -0.15) is 0 Å². The third kappa shape index (κ3) is 3.54. The maximum Gasteiger partial charge on any atom is 0.170 e. The molecule has 0 amide bonds. The quantitative estimate of drug-likeness (QED) is 0.604. The number of benzene rings is 1. The van der Waals surface area contributed by atoms with Crippen LogP contribution >= 0.6 is 12.2 Å². The Morgan fingerprint density at radius 1 is 1.07 bits per heavy atom. The Labute approximate surface area is 172 Å². The van der Waals surface area contributed by atoms with E-state index in [-0.39, 0.29) is 12.1 Å². The summed E-state index contributed by atoms with van der Waals surface area (Å²) in [5, 5.41) is 4.35. The Hall–Kier alpha value is -2.66. The molecule has 144 valence electrons. The van der Waals surface area contributed by atoms with Crippen LogP contribution in [0.3, 0.4) is 0 Å². The lowest BCUT2D eigenvalue weighted by molar-refractivity contribution is 0.304. The zero-order chi connectivity index (χ0) is 19.5. The molecule has 3 aromatic rings. The normalized spacial score (nSPS) is 19.1. The molecule has 1 aliphatic heterocycles. The van der Waals surface area contributed by atoms with Crippen molar-refractivity contribution >= 4 is 17.3 Å². The van der Waals surface area contributed by atoms with Gasteiger partial charge in [-0.1, -0.05) is 37.1 Å². The molecule has 1 N–H and O–H groups in total. The molecule has 3 heterocycles. The Morgan fingerprint density at radius 2 is 1.89 bits per heavy atom. The van der Waals surface area contributed by atoms with E-state index in [0.717, 1.165) is 30.2 Å². The maximum atomic E-state index is 5.74. The van der Waals surface area contributed by atoms with Gasteiger partial charge in [0.15, 0.2) is 5.11 Å². The predicted octanol–water partition coefficient (Wildman–Crippen LogP) is 4.95. The molecule has 1 fully saturated rings. The van der Waals surface area contributed by atoms with E-state index in [1.165, 1.54) is 16.9 Å². The second-order valence-corrected chi connectivity index (χ2v) is 7.70. The van der Waals surface area contributed by atoms with Crippen LogP contribution in [0.1, 0.15) is 48.8 Å². The third-order valence-electron chi connectivity index (χ3n) is 5.35. The summed E-state index contributed by atoms with van der Waals surface area (Å²) in [6, 6.07) is 19.2. The second kappa shape index (κ2) is 8.15. The molecule has 1 aliphatic rings. The number of pyridine rings is 1. The summed E-state index contributed by atoms with van der Waals surface area (Å²) in [5.74, 6) is 0. The molecule has 0 bridgehead atoms. The van der Waals surface area contributed by atoms with Crippen molar-refractivity contribution in [2.24, 2.45) is 0 Å². The number of thiocarbonyl (C=S) groups is 1. The largest absolute Gasteiger partial charge is 0.352 e. The predicted molar refractivity (Wildman–Crippen MR) is 118 cm³/mol. The standard InChI is InChI=1S/C23H26N4S/c1-3-4-15-27-22(21(25-23(27)28)19-8-5-6-14-24-19)20-9-7-16-26(20)18-12-10-17(2)11-13-18/h5-14,16,21-22H,3-4,15H2,1-2H3,(H,25,28)/t21-,22+/m0/s1. The number of hydrogen-bond donors (Lipinski definition) is 1. The Bertz CT molecular complexity index is 933. The van der Waals surface area contributed by atoms with Gasteiger partial charge in [0.05, 0.1) is 17.8 Å². The molecule has 0 spiro atoms. The average Bonchev–Trinajstić information content (AvgIpc) is 3.32. The summed E-state index contributed by atoms with van der Waals surface area (Å²) < 4.78 is 2.27. The van der Waals surface area contributed by atoms with Crippen LogP contribution in [0.25, 0.3) is 5.69 Å². The Kier molecular flexibility index (Phi) is 5.44. The highest BCUT2D eigenvalue weighted by Gasteiger charge is 2.40. The van der Waals surface area contributed by atoms with Crippen LogP contribution in [0.15, 0.2) is 67.0 Å². The van der Waals surface area contributed by atoms with Gasteiger partial charge < -0.3 is 14.8 Å². The van der Waals surface area contributed by atoms with Crippen molar-refractivity contribution in [3.05, 3.63) is 83.9 Å². The first kappa shape index (κ1) is 18.7. The molecule has 0 unspecified atom stereocenters. The summed E-state index contributed by atoms with van der Waals surface area (Å²) >= 11 is 5.74. The molecule has 2 atom stereocenters. The number of aryl methyl sites for hydroxylation is 1. The number of hydrogen-bond acceptors (Lipinski definition) is 2. The zero-order valence-corrected chi connectivity index (χ0v) is 17.2. The van der Waals surface area contributed by atoms with Gasteiger partial charge in [-0.25, -0.2) is 0 Å². The lowest BCUT2D eigenvalue weighted by Gasteiger charge is -2.29. The summed E-state index contributed by atoms with van der Waals surface area (Å²) in [6.45, 7) is 5.27. The van der Waals surface area contributed by atoms with Crippen molar-refractivity contribution in [1.29, 1.82) is 0 Å². The fourth-order valence-electron chi connectivity index (χ4n) is 3.87. The minimum atomic E-state index is 0.0321. The first-order valence-corrected chi connectivity index (χ1v) is 10.3. The van der Waals surface area contributed by atoms with E-state index < -0.39 is 0 Å². The van der Waals surface area contributed by atoms with E-state index >= 15 is 0 Å². The molecule has 28 heavy (non-hydrogen) atoms. The maximum absolute atomic E-state index is 5.74. The van der Waals surface area contributed by atoms with Gasteiger partial charge in [0.1, 0.15) is 0 Å². The Balaban J connectivity index is 1.78. The van der Waals surface area contributed by atoms with Gasteiger partial charge in [-0.15, -0.1) is 0 Å². The van der Waals surface area contributed by atoms with Crippen LogP contribution in [-0.2, 0) is 0 Å². The molecule has 0 radical (unpaired) electrons. The van der Waals surface area contributed by atoms with Gasteiger partial charge in [0.25, 0.3) is 0 Å². The molecule has 4 rings (SSSR count). The summed E-state index contributed by atoms with van der Waals surface area (Å²) in [6.07, 6.45) is 6.23. The molecule has 2 aromatic heterocycles. The average molecular weight is 391 g/mol. The highest BCUT2D eigenvalue weighted by Crippen LogP contribution is 2.39. The Morgan fingerprint density at radius 3 is 2.61 bits per heavy atom. The molecular weight excluding hydrogens is 364 g/mol. The number of nitrogens with zero attached hydrogens (tertiary/aromatic N) is 3. The van der Waals surface area contributed by atoms with Crippen LogP contribution in [0.5, 0.6) is 0 Å². The molecule has 1 aromatic carbocycles. The number of rotatable bonds is 6. The molecule has 0 aliphatic carbocycles. The van der Waals surface area contributed by atoms with Crippen LogP contribution in [0.4, 0.5) is 0 Å². The minimum Gasteiger partial charge on any atom is -0.352 e. The van der Waals surface area contributed by atoms with Crippen LogP contribution in [0, 0.1) is 6.92 Å². The lowest BCUT2D eigenvalue weighted by atomic mass is 10.0. The number of nitrogens with one attached hydrogen (secondary N) is 1. The SMILES string of the molecule is CCCCN1C(=S)N[C@@H](c2ccccn2)[C@H]1c1cccn1-c1ccc(C)cc1. The summed E-state index contributed by atoms with van der Waals surface area (Å²) in [5.41, 5.74) is 4.67. The second-order valence-electron chi connectivity index (χ2n) is 7.31. The molecule has 0 saturated carbocycles. The van der Waals surface area contributed by atoms with Crippen LogP contribution in [-0.4, -0.2) is 26.1 Å². The van der Waals surface area contributed by atoms with Crippen molar-refractivity contribution in [3.8, 4) is 5.69 Å². The topological polar surface area (TPSA) is 33.1 Å². The summed E-state index contributed by atoms with van der Waals surface area (Å²) in [4.78, 5) is 6.96. The van der Waals surface area contributed by atoms with E-state index in [0.29, 0.717) is 0 Å². The number of unbranched alkanes of at least 4 members (excludes halogenated alkanes) is 1. The van der Waals surface area contributed by atoms with Crippen molar-refractivity contribution in [1.82, 2.24) is 19.8 Å². The molecule has 1 saturated heterocycles. The molecule has 4 nitrogen and oxygen atoms in total. The lowest BCUT2D eigenvalue weighted by Crippen LogP contribution is -2.31. The fraction of sp³-hybridized carbons (Fsp3) is 0.304. The van der Waals surface area contributed by atoms with Gasteiger partial charge in [-0.3, -0.25) is 4.98 Å². The van der Waals surface area contributed by atoms with E-state index in [1.807, 2.05) is 18.3 Å². The molecule has 5 heteroatoms. The molecular formula is C23H26N4S. The van der Waals surface area contributed by atoms with Gasteiger partial charge in [0.2, 0.25) is 0 Å². The monoisotopic (exact) mass is 390 g/mol. The van der Waals surface area contributed by atoms with Gasteiger partial charge in [0, 0.05) is 30.3 Å². The highest BCUT2D eigenvalue weighted by molar-refractivity contribution is 7.80. The highest BCUT2D eigenvalue weighted by atomic mass is 32.1. The number of aromatic nitrogens is 2. The third-order valence-corrected chi connectivity index (χ3v) is 5.70. The van der Waals surface area contributed by atoms with E-state index in [4.69, 9.17) is 12.2 Å². The fourth-order valence-corrected chi connectivity index (χ4v) is 4.20. The summed E-state index contributed by atoms with van der Waals surface area (Å²) in [7, 11) is 0. The van der Waals surface area contributed by atoms with Crippen molar-refractivity contribution in [2.45, 2.75) is 38.8 Å². The van der Waals surface area contributed by atoms with E-state index in [2.05, 4.69) is 82.3 Å². The smallest absolute Gasteiger partial charge is 0.170 e. The van der Waals surface area contributed by atoms with Crippen LogP contribution in [0.2, 0.25) is 0 Å². The van der Waals surface area contributed by atoms with Crippen LogP contribution < -0.4 is 5.32 Å². The van der Waals surface area contributed by atoms with Crippen molar-refractivity contribution in [3.63, 3.8) is 0 Å². The van der Waals surface area contributed by atoms with Gasteiger partial charge in [-0.05, 0) is 62.0 Å². The van der Waals surface area contributed by atoms with Gasteiger partial charge >= 0.3 is 0 Å². The van der Waals surface area contributed by atoms with Crippen molar-refractivity contribution in [2.75, 3.05) is 6.54 Å². The first-order chi connectivity index (χ1) is 13.7. The van der Waals surface area contributed by atoms with E-state index in [9.17, 15) is 0 Å². The zero-order valence-electron chi connectivity index (χ0n) is 16.4. The minimum absolute atomic E-state index is 0.0321. The van der Waals surface area contributed by atoms with Crippen molar-refractivity contribution < 1.29 is 0 Å². The first-order valence-electron chi connectivity index (χ1n) is 9.91. The van der Waals surface area contributed by atoms with E-state index in [1.54, 1.807) is 0 Å².